The second-order valence-electron chi connectivity index (χ2n) is 6.55. The predicted octanol–water partition coefficient (Wildman–Crippen LogP) is 2.43. The van der Waals surface area contributed by atoms with E-state index in [1.165, 1.54) is 4.90 Å². The Hall–Kier alpha value is -2.06. The first-order valence-corrected chi connectivity index (χ1v) is 10.9. The zero-order valence-electron chi connectivity index (χ0n) is 15.1. The Morgan fingerprint density at radius 3 is 2.67 bits per heavy atom. The van der Waals surface area contributed by atoms with E-state index in [1.807, 2.05) is 0 Å². The van der Waals surface area contributed by atoms with Crippen LogP contribution in [0.4, 0.5) is 4.79 Å². The van der Waals surface area contributed by atoms with Crippen LogP contribution in [-0.4, -0.2) is 49.5 Å². The number of benzene rings is 1. The zero-order valence-corrected chi connectivity index (χ0v) is 16.6. The molecule has 27 heavy (non-hydrogen) atoms. The minimum atomic E-state index is -3.19. The van der Waals surface area contributed by atoms with Gasteiger partial charge in [0, 0.05) is 10.7 Å². The van der Waals surface area contributed by atoms with Gasteiger partial charge in [-0.25, -0.2) is 18.0 Å². The number of ether oxygens (including phenoxy) is 1. The molecule has 0 bridgehead atoms. The maximum absolute atomic E-state index is 12.8. The molecule has 3 rings (SSSR count). The van der Waals surface area contributed by atoms with Crippen molar-refractivity contribution in [1.82, 2.24) is 10.2 Å². The number of urea groups is 1. The number of carbonyl (C=O) groups excluding carboxylic acids is 2. The molecule has 1 aromatic carbocycles. The molecule has 9 heteroatoms. The molecule has 1 saturated heterocycles. The average Bonchev–Trinajstić information content (AvgIpc) is 2.94. The predicted molar refractivity (Wildman–Crippen MR) is 101 cm³/mol. The van der Waals surface area contributed by atoms with E-state index >= 15 is 0 Å². The summed E-state index contributed by atoms with van der Waals surface area (Å²) in [4.78, 5) is 26.9. The number of amides is 2. The molecular formula is C18H21ClN2O5S. The van der Waals surface area contributed by atoms with Crippen LogP contribution in [0, 0.1) is 0 Å². The summed E-state index contributed by atoms with van der Waals surface area (Å²) in [7, 11) is -3.19. The molecule has 146 valence electrons. The molecule has 0 aromatic heterocycles. The SMILES string of the molecule is CCOC(=O)C1=C(C)N([C@H]2CCS(=O)(=O)C2)C(=O)N[C@H]1c1ccccc1Cl. The van der Waals surface area contributed by atoms with Gasteiger partial charge in [-0.05, 0) is 31.9 Å². The standard InChI is InChI=1S/C18H21ClN2O5S/c1-3-26-17(22)15-11(2)21(12-8-9-27(24,25)10-12)18(23)20-16(15)13-6-4-5-7-14(13)19/h4-7,12,16H,3,8-10H2,1-2H3,(H,20,23)/t12-,16-/m0/s1. The van der Waals surface area contributed by atoms with Crippen LogP contribution >= 0.6 is 11.6 Å². The van der Waals surface area contributed by atoms with Gasteiger partial charge in [-0.2, -0.15) is 0 Å². The lowest BCUT2D eigenvalue weighted by atomic mass is 9.94. The summed E-state index contributed by atoms with van der Waals surface area (Å²) < 4.78 is 28.9. The van der Waals surface area contributed by atoms with E-state index in [1.54, 1.807) is 38.1 Å². The van der Waals surface area contributed by atoms with Gasteiger partial charge < -0.3 is 10.1 Å². The molecule has 2 aliphatic heterocycles. The number of allylic oxidation sites excluding steroid dienone is 1. The molecule has 1 fully saturated rings. The molecule has 7 nitrogen and oxygen atoms in total. The van der Waals surface area contributed by atoms with Gasteiger partial charge in [0.05, 0.1) is 35.8 Å². The first-order chi connectivity index (χ1) is 12.7. The molecule has 2 aliphatic rings. The van der Waals surface area contributed by atoms with E-state index in [4.69, 9.17) is 16.3 Å². The van der Waals surface area contributed by atoms with E-state index in [0.29, 0.717) is 22.7 Å². The summed E-state index contributed by atoms with van der Waals surface area (Å²) >= 11 is 6.28. The zero-order chi connectivity index (χ0) is 19.8. The summed E-state index contributed by atoms with van der Waals surface area (Å²) in [6.45, 7) is 3.51. The fourth-order valence-corrected chi connectivity index (χ4v) is 5.54. The van der Waals surface area contributed by atoms with Crippen molar-refractivity contribution in [2.75, 3.05) is 18.1 Å². The van der Waals surface area contributed by atoms with Gasteiger partial charge in [-0.1, -0.05) is 29.8 Å². The number of halogens is 1. The van der Waals surface area contributed by atoms with E-state index in [2.05, 4.69) is 5.32 Å². The lowest BCUT2D eigenvalue weighted by Gasteiger charge is -2.38. The third kappa shape index (κ3) is 3.82. The molecule has 0 radical (unpaired) electrons. The van der Waals surface area contributed by atoms with E-state index in [9.17, 15) is 18.0 Å². The topological polar surface area (TPSA) is 92.8 Å². The third-order valence-corrected chi connectivity index (χ3v) is 6.91. The molecule has 1 N–H and O–H groups in total. The van der Waals surface area contributed by atoms with Crippen molar-refractivity contribution < 1.29 is 22.7 Å². The largest absolute Gasteiger partial charge is 0.463 e. The first-order valence-electron chi connectivity index (χ1n) is 8.67. The summed E-state index contributed by atoms with van der Waals surface area (Å²) in [6, 6.07) is 5.21. The van der Waals surface area contributed by atoms with Crippen LogP contribution in [0.2, 0.25) is 5.02 Å². The summed E-state index contributed by atoms with van der Waals surface area (Å²) in [6.07, 6.45) is 0.333. The first kappa shape index (κ1) is 19.7. The molecule has 2 atom stereocenters. The van der Waals surface area contributed by atoms with Crippen molar-refractivity contribution >= 4 is 33.4 Å². The van der Waals surface area contributed by atoms with Crippen LogP contribution in [0.1, 0.15) is 31.9 Å². The van der Waals surface area contributed by atoms with Gasteiger partial charge in [0.1, 0.15) is 0 Å². The number of hydrogen-bond donors (Lipinski definition) is 1. The number of esters is 1. The Bertz CT molecular complexity index is 912. The number of rotatable bonds is 4. The fraction of sp³-hybridized carbons (Fsp3) is 0.444. The smallest absolute Gasteiger partial charge is 0.338 e. The Labute approximate surface area is 163 Å². The maximum atomic E-state index is 12.8. The molecule has 2 amide bonds. The van der Waals surface area contributed by atoms with Gasteiger partial charge >= 0.3 is 12.0 Å². The molecule has 0 spiro atoms. The van der Waals surface area contributed by atoms with Crippen LogP contribution < -0.4 is 5.32 Å². The number of hydrogen-bond acceptors (Lipinski definition) is 5. The highest BCUT2D eigenvalue weighted by Gasteiger charge is 2.43. The van der Waals surface area contributed by atoms with Gasteiger partial charge in [0.2, 0.25) is 0 Å². The highest BCUT2D eigenvalue weighted by molar-refractivity contribution is 7.91. The molecule has 0 saturated carbocycles. The Balaban J connectivity index is 2.08. The Kier molecular flexibility index (Phi) is 5.48. The molecule has 0 unspecified atom stereocenters. The highest BCUT2D eigenvalue weighted by Crippen LogP contribution is 2.36. The molecule has 1 aromatic rings. The summed E-state index contributed by atoms with van der Waals surface area (Å²) in [5.41, 5.74) is 1.23. The van der Waals surface area contributed by atoms with E-state index in [-0.39, 0.29) is 23.7 Å². The number of sulfone groups is 1. The van der Waals surface area contributed by atoms with Crippen LogP contribution in [0.5, 0.6) is 0 Å². The molecule has 0 aliphatic carbocycles. The summed E-state index contributed by atoms with van der Waals surface area (Å²) in [5.74, 6) is -0.659. The average molecular weight is 413 g/mol. The number of nitrogens with zero attached hydrogens (tertiary/aromatic N) is 1. The van der Waals surface area contributed by atoms with Crippen molar-refractivity contribution in [3.8, 4) is 0 Å². The third-order valence-electron chi connectivity index (χ3n) is 4.81. The highest BCUT2D eigenvalue weighted by atomic mass is 35.5. The Morgan fingerprint density at radius 1 is 1.37 bits per heavy atom. The van der Waals surface area contributed by atoms with Gasteiger partial charge in [0.25, 0.3) is 0 Å². The van der Waals surface area contributed by atoms with Crippen molar-refractivity contribution in [2.45, 2.75) is 32.4 Å². The number of nitrogens with one attached hydrogen (secondary N) is 1. The van der Waals surface area contributed by atoms with Gasteiger partial charge in [-0.3, -0.25) is 4.90 Å². The van der Waals surface area contributed by atoms with Crippen LogP contribution in [0.3, 0.4) is 0 Å². The van der Waals surface area contributed by atoms with Crippen LogP contribution in [0.15, 0.2) is 35.5 Å². The minimum absolute atomic E-state index is 0.0252. The second-order valence-corrected chi connectivity index (χ2v) is 9.19. The van der Waals surface area contributed by atoms with Crippen molar-refractivity contribution in [3.05, 3.63) is 46.1 Å². The Morgan fingerprint density at radius 2 is 2.07 bits per heavy atom. The van der Waals surface area contributed by atoms with Crippen LogP contribution in [-0.2, 0) is 19.4 Å². The van der Waals surface area contributed by atoms with Crippen LogP contribution in [0.25, 0.3) is 0 Å². The lowest BCUT2D eigenvalue weighted by Crippen LogP contribution is -2.52. The van der Waals surface area contributed by atoms with Crippen molar-refractivity contribution in [1.29, 1.82) is 0 Å². The normalized spacial score (nSPS) is 24.7. The quantitative estimate of drug-likeness (QED) is 0.766. The lowest BCUT2D eigenvalue weighted by molar-refractivity contribution is -0.139. The number of carbonyl (C=O) groups is 2. The van der Waals surface area contributed by atoms with Crippen molar-refractivity contribution in [3.63, 3.8) is 0 Å². The fourth-order valence-electron chi connectivity index (χ4n) is 3.59. The monoisotopic (exact) mass is 412 g/mol. The summed E-state index contributed by atoms with van der Waals surface area (Å²) in [5, 5.41) is 3.21. The van der Waals surface area contributed by atoms with Crippen molar-refractivity contribution in [2.24, 2.45) is 0 Å². The van der Waals surface area contributed by atoms with Gasteiger partial charge in [-0.15, -0.1) is 0 Å². The second kappa shape index (κ2) is 7.52. The van der Waals surface area contributed by atoms with E-state index < -0.39 is 33.9 Å². The van der Waals surface area contributed by atoms with E-state index in [0.717, 1.165) is 0 Å². The molecular weight excluding hydrogens is 392 g/mol. The minimum Gasteiger partial charge on any atom is -0.463 e. The van der Waals surface area contributed by atoms with Gasteiger partial charge in [0.15, 0.2) is 9.84 Å². The maximum Gasteiger partial charge on any atom is 0.338 e. The molecule has 2 heterocycles.